The Morgan fingerprint density at radius 2 is 0.979 bits per heavy atom. The average Bonchev–Trinajstić information content (AvgIpc) is 2.87. The summed E-state index contributed by atoms with van der Waals surface area (Å²) in [6.07, 6.45) is 14.2. The second-order valence-electron chi connectivity index (χ2n) is 14.6. The molecule has 0 radical (unpaired) electrons. The maximum absolute atomic E-state index is 7.92. The van der Waals surface area contributed by atoms with E-state index in [1.807, 2.05) is 11.9 Å². The largest absolute Gasteiger partial charge is 1.00 e. The summed E-state index contributed by atoms with van der Waals surface area (Å²) in [5.74, 6) is 10.8. The third kappa shape index (κ3) is 51.2. The average molecular weight is 858 g/mol. The summed E-state index contributed by atoms with van der Waals surface area (Å²) in [4.78, 5) is 1.97. The van der Waals surface area contributed by atoms with Crippen LogP contribution in [0.1, 0.15) is 131 Å². The van der Waals surface area contributed by atoms with Crippen LogP contribution in [0.4, 0.5) is 0 Å². The number of halogens is 2. The molecule has 0 aliphatic rings. The number of terminal acetylenes is 2. The van der Waals surface area contributed by atoms with Crippen molar-refractivity contribution in [2.45, 2.75) is 185 Å². The van der Waals surface area contributed by atoms with Crippen molar-refractivity contribution in [2.24, 2.45) is 0 Å². The molecule has 0 aliphatic heterocycles. The Labute approximate surface area is 341 Å². The molecule has 1 N–H and O–H groups in total. The minimum Gasteiger partial charge on any atom is -0.416 e. The Kier molecular flexibility index (Phi) is 62.7. The quantitative estimate of drug-likeness (QED) is 0.0503. The molecule has 0 saturated carbocycles. The Morgan fingerprint density at radius 3 is 1.12 bits per heavy atom. The fraction of sp³-hybridized carbons (Fsp3) is 0.821. The van der Waals surface area contributed by atoms with Gasteiger partial charge in [0.25, 0.3) is 0 Å². The maximum Gasteiger partial charge on any atom is 1.00 e. The van der Waals surface area contributed by atoms with E-state index in [0.29, 0.717) is 28.1 Å². The first-order valence-electron chi connectivity index (χ1n) is 15.7. The van der Waals surface area contributed by atoms with Gasteiger partial charge >= 0.3 is 18.9 Å². The maximum atomic E-state index is 7.92. The molecule has 0 rings (SSSR count). The van der Waals surface area contributed by atoms with Crippen molar-refractivity contribution in [3.05, 3.63) is 6.92 Å². The van der Waals surface area contributed by atoms with Crippen LogP contribution in [-0.2, 0) is 8.85 Å². The van der Waals surface area contributed by atoms with Gasteiger partial charge in [-0.25, -0.2) is 0 Å². The summed E-state index contributed by atoms with van der Waals surface area (Å²) in [5, 5.41) is 8.87. The first-order valence-corrected chi connectivity index (χ1v) is 27.7. The van der Waals surface area contributed by atoms with Crippen LogP contribution in [0.3, 0.4) is 0 Å². The Hall–Kier alpha value is 0.828. The molecule has 0 aromatic rings. The fourth-order valence-electron chi connectivity index (χ4n) is 1.34. The number of hydrogen-bond donors (Lipinski definition) is 1. The predicted molar refractivity (Wildman–Crippen MR) is 242 cm³/mol. The van der Waals surface area contributed by atoms with Gasteiger partial charge in [-0.05, 0) is 53.2 Å². The third-order valence-corrected chi connectivity index (χ3v) is 21.9. The van der Waals surface area contributed by atoms with Crippen molar-refractivity contribution in [3.63, 3.8) is 0 Å². The molecule has 0 aliphatic carbocycles. The van der Waals surface area contributed by atoms with E-state index < -0.39 is 24.0 Å². The van der Waals surface area contributed by atoms with Crippen molar-refractivity contribution in [3.8, 4) is 36.5 Å². The Morgan fingerprint density at radius 1 is 0.708 bits per heavy atom. The minimum atomic E-state index is -1.54. The molecule has 0 saturated heterocycles. The first-order chi connectivity index (χ1) is 19.7. The molecular formula is C39H87ClILiO3Si3. The SMILES string of the molecule is C.C.C.C#CCCO.C#CCCO[Si](C)(C)C(C)(C)C.CC#CCCO[Si](C)(C)C(C)(C)C.CC(C)(C)[Si](C)(C)Cl.CI.[CH2-]CCC.[Li+]. The van der Waals surface area contributed by atoms with Crippen molar-refractivity contribution in [1.82, 2.24) is 0 Å². The van der Waals surface area contributed by atoms with Crippen LogP contribution < -0.4 is 18.9 Å². The van der Waals surface area contributed by atoms with Gasteiger partial charge in [0.05, 0.1) is 6.61 Å². The number of aliphatic hydroxyl groups is 1. The molecular weight excluding hydrogens is 770 g/mol. The molecule has 3 nitrogen and oxygen atoms in total. The fourth-order valence-corrected chi connectivity index (χ4v) is 3.44. The van der Waals surface area contributed by atoms with Gasteiger partial charge in [-0.3, -0.25) is 0 Å². The molecule has 9 heteroatoms. The number of aliphatic hydroxyl groups excluding tert-OH is 1. The van der Waals surface area contributed by atoms with Crippen LogP contribution in [0.15, 0.2) is 0 Å². The van der Waals surface area contributed by atoms with Gasteiger partial charge in [0, 0.05) is 32.5 Å². The molecule has 0 spiro atoms. The van der Waals surface area contributed by atoms with Gasteiger partial charge in [0.2, 0.25) is 0 Å². The van der Waals surface area contributed by atoms with Crippen LogP contribution in [0.2, 0.25) is 54.4 Å². The van der Waals surface area contributed by atoms with Crippen LogP contribution in [-0.4, -0.2) is 53.9 Å². The van der Waals surface area contributed by atoms with Gasteiger partial charge in [-0.1, -0.05) is 134 Å². The molecule has 0 unspecified atom stereocenters. The molecule has 0 heterocycles. The van der Waals surface area contributed by atoms with E-state index in [4.69, 9.17) is 37.9 Å². The van der Waals surface area contributed by atoms with Crippen LogP contribution in [0.5, 0.6) is 0 Å². The van der Waals surface area contributed by atoms with E-state index in [0.717, 1.165) is 25.9 Å². The van der Waals surface area contributed by atoms with Crippen LogP contribution in [0.25, 0.3) is 0 Å². The monoisotopic (exact) mass is 856 g/mol. The Bertz CT molecular complexity index is 772. The van der Waals surface area contributed by atoms with Gasteiger partial charge in [0.1, 0.15) is 0 Å². The standard InChI is InChI=1S/C11H22OSi.C10H20OSi.C6H15ClSi.C4H6O.C4H9.CH3I.3CH4.Li/c1-7-8-9-10-12-13(5,6)11(2,3)4;1-7-8-9-11-12(5,6)10(2,3)4;1-6(2,3)8(4,5)7;1-2-3-4-5;1-3-4-2;1-2;;;;/h9-10H2,1-6H3;1H,8-9H2,2-6H3;1-5H3;1,5H,3-4H2;1,3-4H2,2H3;1H3;3*1H4;/q;;;;-1;;;;;+1. The number of unbranched alkanes of at least 4 members (excludes halogenated alkanes) is 1. The Balaban J connectivity index is -0.0000000478. The zero-order valence-electron chi connectivity index (χ0n) is 33.5. The van der Waals surface area contributed by atoms with Crippen LogP contribution in [0, 0.1) is 43.5 Å². The summed E-state index contributed by atoms with van der Waals surface area (Å²) in [7, 11) is -4.45. The van der Waals surface area contributed by atoms with E-state index in [1.165, 1.54) is 6.42 Å². The van der Waals surface area contributed by atoms with Crippen LogP contribution >= 0.6 is 33.7 Å². The van der Waals surface area contributed by atoms with E-state index in [2.05, 4.69) is 162 Å². The van der Waals surface area contributed by atoms with E-state index in [-0.39, 0.29) is 47.7 Å². The molecule has 0 fully saturated rings. The third-order valence-electron chi connectivity index (χ3n) is 7.58. The zero-order valence-corrected chi connectivity index (χ0v) is 39.5. The number of hydrogen-bond acceptors (Lipinski definition) is 3. The topological polar surface area (TPSA) is 38.7 Å². The van der Waals surface area contributed by atoms with Gasteiger partial charge < -0.3 is 20.9 Å². The van der Waals surface area contributed by atoms with E-state index in [1.54, 1.807) is 0 Å². The summed E-state index contributed by atoms with van der Waals surface area (Å²) < 4.78 is 11.8. The molecule has 288 valence electrons. The second-order valence-corrected chi connectivity index (χ2v) is 31.5. The number of alkyl halides is 1. The van der Waals surface area contributed by atoms with E-state index >= 15 is 0 Å². The van der Waals surface area contributed by atoms with Crippen molar-refractivity contribution in [1.29, 1.82) is 0 Å². The molecule has 0 amide bonds. The van der Waals surface area contributed by atoms with E-state index in [9.17, 15) is 0 Å². The molecule has 0 aromatic carbocycles. The molecule has 0 aromatic heterocycles. The van der Waals surface area contributed by atoms with Crippen molar-refractivity contribution in [2.75, 3.05) is 24.8 Å². The summed E-state index contributed by atoms with van der Waals surface area (Å²) in [5.41, 5.74) is 0. The second kappa shape index (κ2) is 40.6. The normalized spacial score (nSPS) is 10.2. The zero-order chi connectivity index (χ0) is 36.9. The molecule has 0 atom stereocenters. The van der Waals surface area contributed by atoms with Gasteiger partial charge in [-0.15, -0.1) is 36.5 Å². The first kappa shape index (κ1) is 74.1. The van der Waals surface area contributed by atoms with Gasteiger partial charge in [0.15, 0.2) is 24.0 Å². The molecule has 48 heavy (non-hydrogen) atoms. The van der Waals surface area contributed by atoms with Crippen molar-refractivity contribution >= 4 is 57.7 Å². The van der Waals surface area contributed by atoms with Crippen molar-refractivity contribution < 1.29 is 32.8 Å². The van der Waals surface area contributed by atoms with Gasteiger partial charge in [-0.2, -0.15) is 17.5 Å². The summed E-state index contributed by atoms with van der Waals surface area (Å²) in [6, 6.07) is 0. The smallest absolute Gasteiger partial charge is 0.416 e. The molecule has 0 bridgehead atoms. The number of rotatable bonds is 8. The summed E-state index contributed by atoms with van der Waals surface area (Å²) >= 11 is 8.30. The predicted octanol–water partition coefficient (Wildman–Crippen LogP) is 11.3. The summed E-state index contributed by atoms with van der Waals surface area (Å²) in [6.45, 7) is 42.6. The minimum absolute atomic E-state index is 0.